The molecule has 0 spiro atoms. The Morgan fingerprint density at radius 1 is 1.43 bits per heavy atom. The van der Waals surface area contributed by atoms with Gasteiger partial charge in [-0.05, 0) is 25.3 Å². The van der Waals surface area contributed by atoms with Crippen molar-refractivity contribution < 1.29 is 35.3 Å². The highest BCUT2D eigenvalue weighted by atomic mass is 32.2. The van der Waals surface area contributed by atoms with Crippen molar-refractivity contribution in [2.45, 2.75) is 44.5 Å². The molecule has 1 aliphatic carbocycles. The Labute approximate surface area is 121 Å². The van der Waals surface area contributed by atoms with Gasteiger partial charge in [-0.25, -0.2) is 0 Å². The van der Waals surface area contributed by atoms with Crippen LogP contribution in [0.15, 0.2) is 11.8 Å². The Balaban J connectivity index is 2.70. The number of hydrogen-bond acceptors (Lipinski definition) is 5. The van der Waals surface area contributed by atoms with E-state index in [2.05, 4.69) is 4.18 Å². The van der Waals surface area contributed by atoms with E-state index in [1.165, 1.54) is 0 Å². The molecule has 1 rings (SSSR count). The van der Waals surface area contributed by atoms with Gasteiger partial charge in [-0.15, -0.1) is 0 Å². The van der Waals surface area contributed by atoms with E-state index < -0.39 is 27.5 Å². The van der Waals surface area contributed by atoms with Crippen LogP contribution in [0.4, 0.5) is 13.2 Å². The molecule has 1 atom stereocenters. The van der Waals surface area contributed by atoms with Crippen molar-refractivity contribution in [1.82, 2.24) is 0 Å². The van der Waals surface area contributed by atoms with Crippen molar-refractivity contribution in [3.63, 3.8) is 0 Å². The molecule has 0 amide bonds. The molecule has 0 radical (unpaired) electrons. The van der Waals surface area contributed by atoms with Gasteiger partial charge >= 0.3 is 21.6 Å². The molecule has 0 saturated heterocycles. The number of hydrogen-bond donors (Lipinski definition) is 0. The van der Waals surface area contributed by atoms with Crippen molar-refractivity contribution >= 4 is 16.1 Å². The molecule has 1 aliphatic rings. The lowest BCUT2D eigenvalue weighted by molar-refractivity contribution is -0.147. The minimum Gasteiger partial charge on any atom is -0.465 e. The Kier molecular flexibility index (Phi) is 6.06. The molecule has 0 fully saturated rings. The predicted octanol–water partition coefficient (Wildman–Crippen LogP) is 2.88. The molecule has 0 heterocycles. The zero-order chi connectivity index (χ0) is 16.1. The van der Waals surface area contributed by atoms with E-state index in [1.54, 1.807) is 0 Å². The fraction of sp³-hybridized carbons (Fsp3) is 0.750. The monoisotopic (exact) mass is 330 g/mol. The first-order valence-electron chi connectivity index (χ1n) is 6.55. The minimum absolute atomic E-state index is 0.0358. The molecule has 21 heavy (non-hydrogen) atoms. The standard InChI is InChI=1S/C12H17F3O5S/c1-2-3-7-19-11(16)9-5-4-6-10(8-9)20-21(17,18)12(13,14)15/h8-9H,2-7H2,1H3. The average Bonchev–Trinajstić information content (AvgIpc) is 2.37. The lowest BCUT2D eigenvalue weighted by atomic mass is 9.95. The van der Waals surface area contributed by atoms with Crippen molar-refractivity contribution in [2.75, 3.05) is 6.61 Å². The van der Waals surface area contributed by atoms with Gasteiger partial charge in [-0.1, -0.05) is 13.3 Å². The van der Waals surface area contributed by atoms with Crippen LogP contribution >= 0.6 is 0 Å². The topological polar surface area (TPSA) is 69.7 Å². The lowest BCUT2D eigenvalue weighted by Crippen LogP contribution is -2.27. The zero-order valence-corrected chi connectivity index (χ0v) is 12.3. The highest BCUT2D eigenvalue weighted by Crippen LogP contribution is 2.31. The second kappa shape index (κ2) is 7.15. The summed E-state index contributed by atoms with van der Waals surface area (Å²) in [7, 11) is -5.69. The number of ether oxygens (including phenoxy) is 1. The molecular formula is C12H17F3O5S. The fourth-order valence-electron chi connectivity index (χ4n) is 1.75. The van der Waals surface area contributed by atoms with E-state index in [-0.39, 0.29) is 18.8 Å². The van der Waals surface area contributed by atoms with Gasteiger partial charge in [0.25, 0.3) is 0 Å². The molecular weight excluding hydrogens is 313 g/mol. The van der Waals surface area contributed by atoms with Crippen molar-refractivity contribution in [1.29, 1.82) is 0 Å². The molecule has 5 nitrogen and oxygen atoms in total. The van der Waals surface area contributed by atoms with Crippen molar-refractivity contribution in [3.8, 4) is 0 Å². The van der Waals surface area contributed by atoms with Gasteiger partial charge in [0.1, 0.15) is 5.76 Å². The Morgan fingerprint density at radius 2 is 2.10 bits per heavy atom. The van der Waals surface area contributed by atoms with Gasteiger partial charge in [0.2, 0.25) is 0 Å². The number of carbonyl (C=O) groups is 1. The van der Waals surface area contributed by atoms with Crippen LogP contribution in [-0.4, -0.2) is 26.5 Å². The van der Waals surface area contributed by atoms with E-state index in [9.17, 15) is 26.4 Å². The number of rotatable bonds is 6. The van der Waals surface area contributed by atoms with E-state index in [0.29, 0.717) is 19.3 Å². The zero-order valence-electron chi connectivity index (χ0n) is 11.5. The number of unbranched alkanes of at least 4 members (excludes halogenated alkanes) is 1. The Hall–Kier alpha value is -1.25. The highest BCUT2D eigenvalue weighted by molar-refractivity contribution is 7.87. The number of allylic oxidation sites excluding steroid dienone is 1. The smallest absolute Gasteiger partial charge is 0.465 e. The first-order valence-corrected chi connectivity index (χ1v) is 7.96. The number of esters is 1. The summed E-state index contributed by atoms with van der Waals surface area (Å²) >= 11 is 0. The summed E-state index contributed by atoms with van der Waals surface area (Å²) in [4.78, 5) is 11.7. The minimum atomic E-state index is -5.69. The maximum atomic E-state index is 12.2. The van der Waals surface area contributed by atoms with Crippen molar-refractivity contribution in [3.05, 3.63) is 11.8 Å². The molecule has 9 heteroatoms. The second-order valence-corrected chi connectivity index (χ2v) is 6.17. The van der Waals surface area contributed by atoms with Crippen LogP contribution in [0.5, 0.6) is 0 Å². The van der Waals surface area contributed by atoms with Crippen LogP contribution in [0.1, 0.15) is 39.0 Å². The van der Waals surface area contributed by atoms with Gasteiger partial charge in [0, 0.05) is 6.42 Å². The van der Waals surface area contributed by atoms with Gasteiger partial charge in [0.05, 0.1) is 12.5 Å². The molecule has 0 aromatic rings. The fourth-order valence-corrected chi connectivity index (χ4v) is 2.27. The van der Waals surface area contributed by atoms with Gasteiger partial charge in [0.15, 0.2) is 0 Å². The molecule has 1 unspecified atom stereocenters. The maximum Gasteiger partial charge on any atom is 0.534 e. The van der Waals surface area contributed by atoms with E-state index in [1.807, 2.05) is 6.92 Å². The predicted molar refractivity (Wildman–Crippen MR) is 67.4 cm³/mol. The summed E-state index contributed by atoms with van der Waals surface area (Å²) in [6, 6.07) is 0. The lowest BCUT2D eigenvalue weighted by Gasteiger charge is -2.20. The third-order valence-corrected chi connectivity index (χ3v) is 3.87. The summed E-state index contributed by atoms with van der Waals surface area (Å²) in [5.74, 6) is -1.71. The van der Waals surface area contributed by atoms with E-state index >= 15 is 0 Å². The summed E-state index contributed by atoms with van der Waals surface area (Å²) in [5, 5.41) is 0. The highest BCUT2D eigenvalue weighted by Gasteiger charge is 2.49. The van der Waals surface area contributed by atoms with Gasteiger partial charge < -0.3 is 8.92 Å². The average molecular weight is 330 g/mol. The molecule has 0 aromatic heterocycles. The third kappa shape index (κ3) is 5.22. The second-order valence-electron chi connectivity index (χ2n) is 4.64. The van der Waals surface area contributed by atoms with Gasteiger partial charge in [-0.3, -0.25) is 4.79 Å². The normalized spacial score (nSPS) is 19.8. The quantitative estimate of drug-likeness (QED) is 0.324. The van der Waals surface area contributed by atoms with Crippen LogP contribution in [0, 0.1) is 5.92 Å². The van der Waals surface area contributed by atoms with Crippen molar-refractivity contribution in [2.24, 2.45) is 5.92 Å². The van der Waals surface area contributed by atoms with Crippen LogP contribution < -0.4 is 0 Å². The largest absolute Gasteiger partial charge is 0.534 e. The SMILES string of the molecule is CCCCOC(=O)C1C=C(OS(=O)(=O)C(F)(F)F)CCC1. The Bertz CT molecular complexity index is 496. The molecule has 0 aromatic carbocycles. The van der Waals surface area contributed by atoms with Gasteiger partial charge in [-0.2, -0.15) is 21.6 Å². The summed E-state index contributed by atoms with van der Waals surface area (Å²) in [5.41, 5.74) is -5.48. The summed E-state index contributed by atoms with van der Waals surface area (Å²) in [6.07, 6.45) is 3.41. The first-order chi connectivity index (χ1) is 9.67. The molecule has 122 valence electrons. The summed E-state index contributed by atoms with van der Waals surface area (Å²) < 4.78 is 67.5. The molecule has 0 saturated carbocycles. The number of halogens is 3. The van der Waals surface area contributed by atoms with Crippen LogP contribution in [-0.2, 0) is 23.8 Å². The molecule has 0 aliphatic heterocycles. The first kappa shape index (κ1) is 17.8. The Morgan fingerprint density at radius 3 is 2.67 bits per heavy atom. The maximum absolute atomic E-state index is 12.2. The van der Waals surface area contributed by atoms with Crippen LogP contribution in [0.2, 0.25) is 0 Å². The molecule has 0 N–H and O–H groups in total. The molecule has 0 bridgehead atoms. The van der Waals surface area contributed by atoms with E-state index in [0.717, 1.165) is 12.5 Å². The number of carbonyl (C=O) groups excluding carboxylic acids is 1. The number of alkyl halides is 3. The van der Waals surface area contributed by atoms with Crippen LogP contribution in [0.25, 0.3) is 0 Å². The van der Waals surface area contributed by atoms with E-state index in [4.69, 9.17) is 4.74 Å². The third-order valence-electron chi connectivity index (χ3n) is 2.87. The van der Waals surface area contributed by atoms with Crippen LogP contribution in [0.3, 0.4) is 0 Å². The summed E-state index contributed by atoms with van der Waals surface area (Å²) in [6.45, 7) is 2.15.